The van der Waals surface area contributed by atoms with Crippen LogP contribution in [0.15, 0.2) is 36.4 Å². The molecule has 2 aromatic carbocycles. The topological polar surface area (TPSA) is 0 Å². The van der Waals surface area contributed by atoms with Crippen molar-refractivity contribution in [2.24, 2.45) is 0 Å². The number of fused-ring (bicyclic) bond motifs is 3. The van der Waals surface area contributed by atoms with Gasteiger partial charge < -0.3 is 0 Å². The number of hydrogen-bond donors (Lipinski definition) is 0. The first-order valence-corrected chi connectivity index (χ1v) is 10.3. The average molecular weight is 360 g/mol. The van der Waals surface area contributed by atoms with Crippen LogP contribution in [-0.2, 0) is 4.31 Å². The van der Waals surface area contributed by atoms with Crippen LogP contribution < -0.4 is 0 Å². The average Bonchev–Trinajstić information content (AvgIpc) is 3.28. The monoisotopic (exact) mass is 362 g/mol. The van der Waals surface area contributed by atoms with E-state index in [9.17, 15) is 0 Å². The zero-order valence-electron chi connectivity index (χ0n) is 9.59. The van der Waals surface area contributed by atoms with E-state index >= 15 is 0 Å². The first-order valence-electron chi connectivity index (χ1n) is 6.47. The van der Waals surface area contributed by atoms with Crippen molar-refractivity contribution in [2.45, 2.75) is 18.8 Å². The van der Waals surface area contributed by atoms with Crippen LogP contribution in [0, 0.1) is 0 Å². The summed E-state index contributed by atoms with van der Waals surface area (Å²) >= 11 is 1.76. The third-order valence-electron chi connectivity index (χ3n) is 4.83. The van der Waals surface area contributed by atoms with Gasteiger partial charge in [-0.15, -0.1) is 0 Å². The van der Waals surface area contributed by atoms with E-state index in [0.717, 1.165) is 44.4 Å². The van der Waals surface area contributed by atoms with Gasteiger partial charge in [0.2, 0.25) is 0 Å². The Balaban J connectivity index is 1.89. The van der Waals surface area contributed by atoms with Gasteiger partial charge in [0.05, 0.1) is 0 Å². The fraction of sp³-hybridized carbons (Fsp3) is 0.250. The fourth-order valence-corrected chi connectivity index (χ4v) is 11.9. The van der Waals surface area contributed by atoms with Gasteiger partial charge in [-0.1, -0.05) is 0 Å². The Labute approximate surface area is 118 Å². The second kappa shape index (κ2) is 2.67. The van der Waals surface area contributed by atoms with Gasteiger partial charge in [0.25, 0.3) is 0 Å². The zero-order valence-corrected chi connectivity index (χ0v) is 13.0. The molecule has 1 spiro atoms. The second-order valence-electron chi connectivity index (χ2n) is 5.66. The molecule has 0 saturated carbocycles. The summed E-state index contributed by atoms with van der Waals surface area (Å²) in [5.74, 6) is 0. The quantitative estimate of drug-likeness (QED) is 0.634. The summed E-state index contributed by atoms with van der Waals surface area (Å²) in [6, 6.07) is 11.6. The summed E-state index contributed by atoms with van der Waals surface area (Å²) in [5, 5.41) is 3.06. The van der Waals surface area contributed by atoms with Crippen molar-refractivity contribution in [1.82, 2.24) is 0 Å². The van der Waals surface area contributed by atoms with Crippen molar-refractivity contribution in [3.8, 4) is 0 Å². The van der Waals surface area contributed by atoms with Crippen LogP contribution in [-0.4, -0.2) is 29.9 Å². The molecular weight excluding hydrogens is 350 g/mol. The summed E-state index contributed by atoms with van der Waals surface area (Å²) in [7, 11) is 0. The Hall–Kier alpha value is -0.521. The van der Waals surface area contributed by atoms with Crippen LogP contribution in [0.5, 0.6) is 0 Å². The number of rotatable bonds is 0. The van der Waals surface area contributed by atoms with Crippen molar-refractivity contribution < 1.29 is 0 Å². The van der Waals surface area contributed by atoms with Crippen molar-refractivity contribution in [1.29, 1.82) is 0 Å². The summed E-state index contributed by atoms with van der Waals surface area (Å²) in [4.78, 5) is 3.16. The molecule has 2 saturated heterocycles. The van der Waals surface area contributed by atoms with E-state index < -0.39 is 0 Å². The van der Waals surface area contributed by atoms with Crippen molar-refractivity contribution in [3.63, 3.8) is 0 Å². The standard InChI is InChI=1S/C16H10Se2/c1-2-8-4-5-10-12-11(8)9(3-1)6-7-16(12)15(18-16)14-13(10)17-14/h1-7,13-15H. The molecule has 4 aliphatic rings. The molecule has 2 heterocycles. The zero-order chi connectivity index (χ0) is 11.5. The van der Waals surface area contributed by atoms with Crippen molar-refractivity contribution in [3.05, 3.63) is 53.1 Å². The van der Waals surface area contributed by atoms with Gasteiger partial charge in [0.15, 0.2) is 0 Å². The summed E-state index contributed by atoms with van der Waals surface area (Å²) in [6.45, 7) is 0. The molecule has 2 aliphatic carbocycles. The molecule has 4 unspecified atom stereocenters. The number of allylic oxidation sites excluding steroid dienone is 1. The van der Waals surface area contributed by atoms with E-state index in [1.54, 1.807) is 16.5 Å². The van der Waals surface area contributed by atoms with E-state index in [-0.39, 0.29) is 0 Å². The normalized spacial score (nSPS) is 40.3. The molecule has 2 aromatic rings. The Morgan fingerprint density at radius 1 is 1.11 bits per heavy atom. The maximum atomic E-state index is 2.57. The Kier molecular flexibility index (Phi) is 1.39. The SMILES string of the molecule is C1=CC23[Se]C2C2[Se]C2c2ccc4cccc1c4c23. The van der Waals surface area contributed by atoms with Crippen LogP contribution in [0.2, 0.25) is 9.63 Å². The third-order valence-corrected chi connectivity index (χ3v) is 12.1. The summed E-state index contributed by atoms with van der Waals surface area (Å²) < 4.78 is 0.537. The molecule has 2 fully saturated rings. The predicted octanol–water partition coefficient (Wildman–Crippen LogP) is 3.13. The minimum absolute atomic E-state index is 0.537. The molecule has 18 heavy (non-hydrogen) atoms. The molecule has 2 aliphatic heterocycles. The molecule has 0 bridgehead atoms. The molecule has 86 valence electrons. The molecule has 0 nitrogen and oxygen atoms in total. The number of benzene rings is 2. The van der Waals surface area contributed by atoms with Gasteiger partial charge >= 0.3 is 119 Å². The summed E-state index contributed by atoms with van der Waals surface area (Å²) in [5.41, 5.74) is 4.96. The molecule has 6 rings (SSSR count). The minimum atomic E-state index is 0.537. The Morgan fingerprint density at radius 2 is 2.11 bits per heavy atom. The van der Waals surface area contributed by atoms with Gasteiger partial charge in [0.1, 0.15) is 0 Å². The van der Waals surface area contributed by atoms with E-state index in [2.05, 4.69) is 42.5 Å². The molecule has 0 N–H and O–H groups in total. The van der Waals surface area contributed by atoms with Crippen LogP contribution >= 0.6 is 0 Å². The van der Waals surface area contributed by atoms with Gasteiger partial charge in [0, 0.05) is 0 Å². The first kappa shape index (κ1) is 9.39. The summed E-state index contributed by atoms with van der Waals surface area (Å²) in [6.07, 6.45) is 4.99. The van der Waals surface area contributed by atoms with E-state index in [4.69, 9.17) is 0 Å². The van der Waals surface area contributed by atoms with Gasteiger partial charge in [-0.05, 0) is 0 Å². The number of hydrogen-bond acceptors (Lipinski definition) is 0. The van der Waals surface area contributed by atoms with Crippen LogP contribution in [0.4, 0.5) is 0 Å². The molecule has 0 amide bonds. The molecule has 4 atom stereocenters. The molecular formula is C16H10Se2. The molecule has 0 aromatic heterocycles. The predicted molar refractivity (Wildman–Crippen MR) is 76.4 cm³/mol. The van der Waals surface area contributed by atoms with E-state index in [0.29, 0.717) is 4.31 Å². The van der Waals surface area contributed by atoms with Crippen LogP contribution in [0.25, 0.3) is 16.8 Å². The Morgan fingerprint density at radius 3 is 3.11 bits per heavy atom. The molecule has 2 heteroatoms. The van der Waals surface area contributed by atoms with Gasteiger partial charge in [-0.2, -0.15) is 0 Å². The maximum absolute atomic E-state index is 2.57. The van der Waals surface area contributed by atoms with E-state index in [1.807, 2.05) is 0 Å². The van der Waals surface area contributed by atoms with E-state index in [1.165, 1.54) is 10.9 Å². The van der Waals surface area contributed by atoms with Crippen molar-refractivity contribution >= 4 is 46.8 Å². The van der Waals surface area contributed by atoms with Crippen LogP contribution in [0.3, 0.4) is 0 Å². The van der Waals surface area contributed by atoms with Crippen molar-refractivity contribution in [2.75, 3.05) is 0 Å². The first-order chi connectivity index (χ1) is 8.88. The Bertz CT molecular complexity index is 776. The molecule has 0 radical (unpaired) electrons. The van der Waals surface area contributed by atoms with Gasteiger partial charge in [-0.3, -0.25) is 0 Å². The van der Waals surface area contributed by atoms with Gasteiger partial charge in [-0.25, -0.2) is 0 Å². The third kappa shape index (κ3) is 0.859. The fourth-order valence-electron chi connectivity index (χ4n) is 3.94. The second-order valence-corrected chi connectivity index (χ2v) is 11.4. The van der Waals surface area contributed by atoms with Crippen LogP contribution in [0.1, 0.15) is 21.5 Å².